The molecule has 0 aliphatic heterocycles. The Labute approximate surface area is 348 Å². The van der Waals surface area contributed by atoms with Crippen LogP contribution in [0.1, 0.15) is 25.3 Å². The molecule has 8 heteroatoms. The van der Waals surface area contributed by atoms with E-state index in [0.29, 0.717) is 40.9 Å². The number of rotatable bonds is 9. The number of imidazole rings is 1. The van der Waals surface area contributed by atoms with Gasteiger partial charge in [-0.25, -0.2) is 34.9 Å². The second-order valence-corrected chi connectivity index (χ2v) is 14.9. The van der Waals surface area contributed by atoms with E-state index in [0.717, 1.165) is 61.5 Å². The van der Waals surface area contributed by atoms with Gasteiger partial charge in [-0.1, -0.05) is 166 Å². The van der Waals surface area contributed by atoms with Gasteiger partial charge in [0.1, 0.15) is 5.82 Å². The van der Waals surface area contributed by atoms with E-state index in [1.54, 1.807) is 0 Å². The molecule has 3 heterocycles. The number of nitrogens with zero attached hydrogens (tertiary/aromatic N) is 8. The van der Waals surface area contributed by atoms with Crippen molar-refractivity contribution in [1.82, 2.24) is 39.5 Å². The van der Waals surface area contributed by atoms with Crippen LogP contribution in [0.4, 0.5) is 0 Å². The number of aromatic nitrogens is 8. The molecule has 0 radical (unpaired) electrons. The molecule has 8 nitrogen and oxygen atoms in total. The third-order valence-corrected chi connectivity index (χ3v) is 10.5. The van der Waals surface area contributed by atoms with Crippen molar-refractivity contribution in [3.05, 3.63) is 194 Å². The fourth-order valence-electron chi connectivity index (χ4n) is 7.39. The highest BCUT2D eigenvalue weighted by Gasteiger charge is 2.21. The molecule has 0 aliphatic rings. The average molecular weight is 775 g/mol. The van der Waals surface area contributed by atoms with E-state index >= 15 is 0 Å². The van der Waals surface area contributed by atoms with Gasteiger partial charge in [-0.15, -0.1) is 0 Å². The summed E-state index contributed by atoms with van der Waals surface area (Å²) in [6.07, 6.45) is 0. The summed E-state index contributed by atoms with van der Waals surface area (Å²) >= 11 is 0. The molecule has 60 heavy (non-hydrogen) atoms. The van der Waals surface area contributed by atoms with Gasteiger partial charge in [-0.2, -0.15) is 0 Å². The summed E-state index contributed by atoms with van der Waals surface area (Å²) < 4.78 is 2.22. The summed E-state index contributed by atoms with van der Waals surface area (Å²) in [5, 5.41) is 0. The first-order valence-electron chi connectivity index (χ1n) is 20.0. The Morgan fingerprint density at radius 2 is 0.717 bits per heavy atom. The van der Waals surface area contributed by atoms with E-state index in [1.165, 1.54) is 5.56 Å². The summed E-state index contributed by atoms with van der Waals surface area (Å²) in [5.41, 5.74) is 10.0. The van der Waals surface area contributed by atoms with Crippen molar-refractivity contribution in [2.75, 3.05) is 0 Å². The van der Waals surface area contributed by atoms with Crippen LogP contribution in [0.2, 0.25) is 0 Å². The zero-order valence-corrected chi connectivity index (χ0v) is 33.1. The van der Waals surface area contributed by atoms with Crippen LogP contribution in [0.5, 0.6) is 0 Å². The van der Waals surface area contributed by atoms with Crippen LogP contribution >= 0.6 is 0 Å². The van der Waals surface area contributed by atoms with E-state index in [1.807, 2.05) is 133 Å². The molecule has 0 saturated carbocycles. The average Bonchev–Trinajstić information content (AvgIpc) is 3.72. The molecule has 10 aromatic rings. The van der Waals surface area contributed by atoms with Crippen molar-refractivity contribution in [2.24, 2.45) is 0 Å². The lowest BCUT2D eigenvalue weighted by Gasteiger charge is -2.16. The molecule has 0 bridgehead atoms. The van der Waals surface area contributed by atoms with Gasteiger partial charge in [0.2, 0.25) is 0 Å². The topological polar surface area (TPSA) is 95.2 Å². The smallest absolute Gasteiger partial charge is 0.164 e. The number of para-hydroxylation sites is 2. The van der Waals surface area contributed by atoms with E-state index in [-0.39, 0.29) is 0 Å². The largest absolute Gasteiger partial charge is 0.292 e. The van der Waals surface area contributed by atoms with Crippen molar-refractivity contribution in [3.8, 4) is 85.4 Å². The lowest BCUT2D eigenvalue weighted by atomic mass is 10.0. The SMILES string of the molecule is CC(C)c1cccc(-c2nc3ccccc3n2-c2cc(-c3nc(-c4ccccc4)nc(-c4ccccc4)n3)cc(-c3nc(-c4ccccc4)nc(-c4ccccc4)n3)c2)c1. The standard InChI is InChI=1S/C52H38N8/c1-34(2)39-26-17-27-40(30-39)52-53-44-28-15-16-29-45(44)60(52)43-32-41(50-56-46(35-18-7-3-8-19-35)54-47(57-50)36-20-9-4-10-21-36)31-42(33-43)51-58-48(37-22-11-5-12-23-37)55-49(59-51)38-24-13-6-14-25-38/h3-34H,1-2H3. The third kappa shape index (κ3) is 7.22. The van der Waals surface area contributed by atoms with Crippen LogP contribution in [-0.4, -0.2) is 39.5 Å². The van der Waals surface area contributed by atoms with E-state index < -0.39 is 0 Å². The highest BCUT2D eigenvalue weighted by molar-refractivity contribution is 5.85. The van der Waals surface area contributed by atoms with Gasteiger partial charge < -0.3 is 0 Å². The van der Waals surface area contributed by atoms with Gasteiger partial charge in [0.15, 0.2) is 34.9 Å². The molecule has 0 amide bonds. The van der Waals surface area contributed by atoms with Crippen LogP contribution < -0.4 is 0 Å². The molecule has 10 rings (SSSR count). The molecular weight excluding hydrogens is 737 g/mol. The lowest BCUT2D eigenvalue weighted by molar-refractivity contribution is 0.866. The molecule has 0 saturated heterocycles. The maximum atomic E-state index is 5.26. The van der Waals surface area contributed by atoms with E-state index in [4.69, 9.17) is 34.9 Å². The predicted molar refractivity (Wildman–Crippen MR) is 240 cm³/mol. The first-order valence-corrected chi connectivity index (χ1v) is 20.0. The molecule has 0 atom stereocenters. The summed E-state index contributed by atoms with van der Waals surface area (Å²) in [6.45, 7) is 4.42. The second-order valence-electron chi connectivity index (χ2n) is 14.9. The Kier molecular flexibility index (Phi) is 9.55. The van der Waals surface area contributed by atoms with Crippen molar-refractivity contribution in [2.45, 2.75) is 19.8 Å². The van der Waals surface area contributed by atoms with Gasteiger partial charge >= 0.3 is 0 Å². The maximum absolute atomic E-state index is 5.26. The van der Waals surface area contributed by atoms with Gasteiger partial charge in [0, 0.05) is 44.6 Å². The molecule has 0 spiro atoms. The van der Waals surface area contributed by atoms with Crippen molar-refractivity contribution < 1.29 is 0 Å². The predicted octanol–water partition coefficient (Wildman–Crippen LogP) is 12.2. The quantitative estimate of drug-likeness (QED) is 0.144. The Morgan fingerprint density at radius 3 is 1.15 bits per heavy atom. The number of hydrogen-bond donors (Lipinski definition) is 0. The van der Waals surface area contributed by atoms with Crippen LogP contribution in [0.25, 0.3) is 96.4 Å². The van der Waals surface area contributed by atoms with E-state index in [9.17, 15) is 0 Å². The minimum atomic E-state index is 0.348. The van der Waals surface area contributed by atoms with Crippen molar-refractivity contribution >= 4 is 11.0 Å². The Balaban J connectivity index is 1.27. The molecular formula is C52H38N8. The monoisotopic (exact) mass is 774 g/mol. The molecule has 0 unspecified atom stereocenters. The Bertz CT molecular complexity index is 2850. The Morgan fingerprint density at radius 1 is 0.333 bits per heavy atom. The van der Waals surface area contributed by atoms with Gasteiger partial charge in [-0.3, -0.25) is 4.57 Å². The summed E-state index contributed by atoms with van der Waals surface area (Å²) in [5.74, 6) is 4.48. The fourth-order valence-corrected chi connectivity index (χ4v) is 7.39. The highest BCUT2D eigenvalue weighted by Crippen LogP contribution is 2.36. The minimum Gasteiger partial charge on any atom is -0.292 e. The normalized spacial score (nSPS) is 11.3. The maximum Gasteiger partial charge on any atom is 0.164 e. The minimum absolute atomic E-state index is 0.348. The fraction of sp³-hybridized carbons (Fsp3) is 0.0577. The van der Waals surface area contributed by atoms with Gasteiger partial charge in [0.25, 0.3) is 0 Å². The summed E-state index contributed by atoms with van der Waals surface area (Å²) in [6, 6.07) is 63.3. The first kappa shape index (κ1) is 36.4. The molecule has 0 N–H and O–H groups in total. The van der Waals surface area contributed by atoms with Crippen LogP contribution in [0.3, 0.4) is 0 Å². The second kappa shape index (κ2) is 15.8. The molecule has 7 aromatic carbocycles. The van der Waals surface area contributed by atoms with Crippen LogP contribution in [0, 0.1) is 0 Å². The zero-order valence-electron chi connectivity index (χ0n) is 33.1. The zero-order chi connectivity index (χ0) is 40.4. The molecule has 286 valence electrons. The summed E-state index contributed by atoms with van der Waals surface area (Å²) in [4.78, 5) is 35.9. The van der Waals surface area contributed by atoms with Crippen LogP contribution in [-0.2, 0) is 0 Å². The van der Waals surface area contributed by atoms with E-state index in [2.05, 4.69) is 73.0 Å². The number of benzene rings is 7. The molecule has 0 fully saturated rings. The highest BCUT2D eigenvalue weighted by atomic mass is 15.1. The first-order chi connectivity index (χ1) is 29.5. The third-order valence-electron chi connectivity index (χ3n) is 10.5. The van der Waals surface area contributed by atoms with Crippen molar-refractivity contribution in [3.63, 3.8) is 0 Å². The summed E-state index contributed by atoms with van der Waals surface area (Å²) in [7, 11) is 0. The molecule has 0 aliphatic carbocycles. The van der Waals surface area contributed by atoms with Crippen molar-refractivity contribution in [1.29, 1.82) is 0 Å². The molecule has 3 aromatic heterocycles. The van der Waals surface area contributed by atoms with Gasteiger partial charge in [0.05, 0.1) is 11.0 Å². The van der Waals surface area contributed by atoms with Crippen LogP contribution in [0.15, 0.2) is 188 Å². The number of fused-ring (bicyclic) bond motifs is 1. The van der Waals surface area contributed by atoms with Gasteiger partial charge in [-0.05, 0) is 47.9 Å². The Hall–Kier alpha value is -7.97. The number of hydrogen-bond acceptors (Lipinski definition) is 7. The lowest BCUT2D eigenvalue weighted by Crippen LogP contribution is -2.04.